The number of carbonyl (C=O) groups is 7. The molecule has 17 bridgehead atoms. The van der Waals surface area contributed by atoms with Crippen LogP contribution in [0.25, 0.3) is 11.1 Å². The van der Waals surface area contributed by atoms with Crippen molar-refractivity contribution in [1.82, 2.24) is 47.9 Å². The van der Waals surface area contributed by atoms with Gasteiger partial charge in [0.1, 0.15) is 88.6 Å². The minimum atomic E-state index is -2.16. The number of aliphatic hydroxyl groups is 1. The van der Waals surface area contributed by atoms with Crippen LogP contribution in [-0.4, -0.2) is 128 Å². The molecule has 8 atom stereocenters. The number of hydrogen-bond donors (Lipinski definition) is 18. The summed E-state index contributed by atoms with van der Waals surface area (Å²) in [6, 6.07) is 9.37. The molecule has 506 valence electrons. The second-order valence-electron chi connectivity index (χ2n) is 23.4. The summed E-state index contributed by atoms with van der Waals surface area (Å²) in [5.74, 6) is -13.4. The average molecular weight is 1370 g/mol. The number of rotatable bonds is 12. The fourth-order valence-corrected chi connectivity index (χ4v) is 12.0. The Balaban J connectivity index is 1.06. The first kappa shape index (κ1) is 67.8. The molecule has 0 saturated heterocycles. The molecule has 20 N–H and O–H groups in total. The van der Waals surface area contributed by atoms with Crippen LogP contribution >= 0.6 is 23.2 Å². The van der Waals surface area contributed by atoms with Crippen molar-refractivity contribution in [3.05, 3.63) is 164 Å². The largest absolute Gasteiger partial charge is 0.508 e. The number of nitrogens with two attached hydrogens (primary N) is 2. The molecule has 30 heteroatoms. The second-order valence-corrected chi connectivity index (χ2v) is 24.2. The Morgan fingerprint density at radius 1 is 0.505 bits per heavy atom. The number of phenolic OH excluding ortho intramolecular Hbond substituents is 6. The highest BCUT2D eigenvalue weighted by molar-refractivity contribution is 6.32. The molecule has 6 heterocycles. The van der Waals surface area contributed by atoms with E-state index in [1.807, 2.05) is 0 Å². The minimum Gasteiger partial charge on any atom is -0.508 e. The van der Waals surface area contributed by atoms with Gasteiger partial charge in [0, 0.05) is 36.2 Å². The highest BCUT2D eigenvalue weighted by atomic mass is 35.5. The molecule has 7 aromatic rings. The van der Waals surface area contributed by atoms with Crippen molar-refractivity contribution in [3.63, 3.8) is 0 Å². The van der Waals surface area contributed by atoms with E-state index in [4.69, 9.17) is 48.9 Å². The molecule has 0 radical (unpaired) electrons. The van der Waals surface area contributed by atoms with E-state index in [-0.39, 0.29) is 90.5 Å². The Morgan fingerprint density at radius 2 is 1.08 bits per heavy atom. The van der Waals surface area contributed by atoms with Crippen LogP contribution in [0.15, 0.2) is 115 Å². The lowest BCUT2D eigenvalue weighted by atomic mass is 9.89. The number of carbonyl (C=O) groups excluding carboxylic acids is 7. The molecule has 0 aliphatic carbocycles. The maximum atomic E-state index is 15.9. The van der Waals surface area contributed by atoms with Gasteiger partial charge in [-0.05, 0) is 170 Å². The molecule has 0 saturated carbocycles. The van der Waals surface area contributed by atoms with Crippen molar-refractivity contribution in [2.75, 3.05) is 39.3 Å². The number of nitrogens with one attached hydrogen (secondary N) is 9. The summed E-state index contributed by atoms with van der Waals surface area (Å²) < 4.78 is 18.6. The minimum absolute atomic E-state index is 0.0302. The Bertz CT molecular complexity index is 4280. The molecule has 0 aromatic heterocycles. The third-order valence-corrected chi connectivity index (χ3v) is 17.1. The number of phenols is 6. The fraction of sp³-hybridized carbons (Fsp3) is 0.269. The predicted molar refractivity (Wildman–Crippen MR) is 349 cm³/mol. The van der Waals surface area contributed by atoms with E-state index in [1.54, 1.807) is 0 Å². The Hall–Kier alpha value is -10.6. The normalized spacial score (nSPS) is 20.8. The number of fused-ring (bicyclic) bond motifs is 14. The molecule has 7 amide bonds. The summed E-state index contributed by atoms with van der Waals surface area (Å²) in [4.78, 5) is 106. The van der Waals surface area contributed by atoms with E-state index in [2.05, 4.69) is 47.9 Å². The van der Waals surface area contributed by atoms with Crippen LogP contribution in [0.2, 0.25) is 10.0 Å². The number of hydrogen-bond acceptors (Lipinski definition) is 21. The predicted octanol–water partition coefficient (Wildman–Crippen LogP) is 4.32. The molecule has 0 fully saturated rings. The average Bonchev–Trinajstić information content (AvgIpc) is 0.774. The smallest absolute Gasteiger partial charge is 0.248 e. The molecule has 0 spiro atoms. The highest BCUT2D eigenvalue weighted by Gasteiger charge is 2.41. The van der Waals surface area contributed by atoms with Crippen molar-refractivity contribution >= 4 is 64.6 Å². The zero-order valence-corrected chi connectivity index (χ0v) is 52.8. The monoisotopic (exact) mass is 1370 g/mol. The maximum Gasteiger partial charge on any atom is 0.248 e. The zero-order valence-electron chi connectivity index (χ0n) is 51.3. The van der Waals surface area contributed by atoms with Crippen LogP contribution in [0.1, 0.15) is 94.5 Å². The molecular weight excluding hydrogens is 1300 g/mol. The van der Waals surface area contributed by atoms with Crippen molar-refractivity contribution < 1.29 is 83.5 Å². The number of benzene rings is 7. The van der Waals surface area contributed by atoms with Gasteiger partial charge in [-0.15, -0.1) is 0 Å². The molecule has 7 aromatic carbocycles. The topological polar surface area (TPSA) is 449 Å². The number of amides is 7. The number of aromatic hydroxyl groups is 6. The van der Waals surface area contributed by atoms with Crippen molar-refractivity contribution in [2.24, 2.45) is 11.5 Å². The number of aliphatic hydroxyl groups excluding tert-OH is 1. The van der Waals surface area contributed by atoms with Gasteiger partial charge in [-0.2, -0.15) is 0 Å². The molecular formula is C67H67Cl2N11O17. The van der Waals surface area contributed by atoms with Gasteiger partial charge in [0.25, 0.3) is 0 Å². The summed E-state index contributed by atoms with van der Waals surface area (Å²) in [6.07, 6.45) is -0.397. The van der Waals surface area contributed by atoms with Crippen LogP contribution in [0.5, 0.6) is 69.0 Å². The van der Waals surface area contributed by atoms with E-state index < -0.39 is 136 Å². The molecule has 0 unspecified atom stereocenters. The lowest BCUT2D eigenvalue weighted by molar-refractivity contribution is -0.137. The van der Waals surface area contributed by atoms with Crippen LogP contribution in [0.3, 0.4) is 0 Å². The van der Waals surface area contributed by atoms with E-state index in [0.717, 1.165) is 74.5 Å². The lowest BCUT2D eigenvalue weighted by Crippen LogP contribution is -2.56. The first-order chi connectivity index (χ1) is 46.5. The lowest BCUT2D eigenvalue weighted by Gasteiger charge is -2.31. The third kappa shape index (κ3) is 15.1. The van der Waals surface area contributed by atoms with Crippen LogP contribution < -0.4 is 73.5 Å². The Kier molecular flexibility index (Phi) is 20.4. The Morgan fingerprint density at radius 3 is 1.76 bits per heavy atom. The first-order valence-corrected chi connectivity index (χ1v) is 31.5. The number of halogens is 2. The van der Waals surface area contributed by atoms with Gasteiger partial charge < -0.3 is 109 Å². The molecule has 13 rings (SSSR count). The van der Waals surface area contributed by atoms with Crippen LogP contribution in [0.4, 0.5) is 0 Å². The van der Waals surface area contributed by atoms with Gasteiger partial charge >= 0.3 is 0 Å². The Labute approximate surface area is 562 Å². The maximum absolute atomic E-state index is 15.9. The van der Waals surface area contributed by atoms with Gasteiger partial charge in [0.2, 0.25) is 47.1 Å². The van der Waals surface area contributed by atoms with E-state index in [0.29, 0.717) is 31.6 Å². The van der Waals surface area contributed by atoms with E-state index in [9.17, 15) is 50.1 Å². The fourth-order valence-electron chi connectivity index (χ4n) is 11.6. The van der Waals surface area contributed by atoms with Gasteiger partial charge in [-0.1, -0.05) is 47.5 Å². The zero-order chi connectivity index (χ0) is 68.9. The third-order valence-electron chi connectivity index (χ3n) is 16.6. The summed E-state index contributed by atoms with van der Waals surface area (Å²) >= 11 is 13.8. The molecule has 28 nitrogen and oxygen atoms in total. The quantitative estimate of drug-likeness (QED) is 0.0757. The first-order valence-electron chi connectivity index (χ1n) is 30.7. The summed E-state index contributed by atoms with van der Waals surface area (Å²) in [5, 5.41) is 106. The summed E-state index contributed by atoms with van der Waals surface area (Å²) in [6.45, 7) is 3.25. The molecule has 97 heavy (non-hydrogen) atoms. The standard InChI is InChI=1S/C67H67Cl2N11O17/c68-41-18-30-4-10-47(41)96-50-25-35-26-51(60(50)87)97-48-11-7-33(23-42(48)69)59(86)58-67(94)79-57(63(90)74-17-3-16-73-15-2-14-72-13-1-12-70)40-28-37(82)29-46(85)52(40)39-22-32(6-8-44(39)83)54(64(91)80-58)77-66(93)56(35)78-65(92)55-34-20-36(81)27-38(21-34)95-49-24-31(5-9-45(49)84)53(71)62(89)75-43(19-30)61(88)76-55/h4-11,18,20-29,43,53-59,72-73,81-87H,1-3,12-17,19,70-71H2,(H,74,90)(H,75,89)(H,76,88)(H,77,93)(H,78,92)(H,79,94)(H,80,91)/t43-,53-,54-,55+,56-,57+,58+,59-/m1/s1. The van der Waals surface area contributed by atoms with Crippen LogP contribution in [0, 0.1) is 0 Å². The summed E-state index contributed by atoms with van der Waals surface area (Å²) in [7, 11) is 0. The van der Waals surface area contributed by atoms with E-state index in [1.165, 1.54) is 66.7 Å². The second kappa shape index (κ2) is 29.2. The van der Waals surface area contributed by atoms with Gasteiger partial charge in [-0.3, -0.25) is 33.6 Å². The molecule has 6 aliphatic rings. The van der Waals surface area contributed by atoms with Gasteiger partial charge in [0.05, 0.1) is 10.0 Å². The van der Waals surface area contributed by atoms with Crippen molar-refractivity contribution in [1.29, 1.82) is 0 Å². The van der Waals surface area contributed by atoms with Gasteiger partial charge in [0.15, 0.2) is 23.0 Å². The highest BCUT2D eigenvalue weighted by Crippen LogP contribution is 2.48. The number of ether oxygens (including phenoxy) is 3. The van der Waals surface area contributed by atoms with Crippen LogP contribution in [-0.2, 0) is 40.0 Å². The van der Waals surface area contributed by atoms with Crippen molar-refractivity contribution in [2.45, 2.75) is 74.1 Å². The summed E-state index contributed by atoms with van der Waals surface area (Å²) in [5.41, 5.74) is 10.6. The van der Waals surface area contributed by atoms with Gasteiger partial charge in [-0.25, -0.2) is 0 Å². The van der Waals surface area contributed by atoms with Crippen molar-refractivity contribution in [3.8, 4) is 80.1 Å². The van der Waals surface area contributed by atoms with E-state index >= 15 is 19.2 Å². The SMILES string of the molecule is NCCCNCCCNCCCNC(=O)[C@H]1NC(=O)[C@H]2NC(=O)[C@H](NC(=O)[C@@H]3NC(=O)[C@H]4NC(=O)[C@@H](Cc5ccc(c(Cl)c5)Oc5cc3cc(c5O)Oc3ccc(cc3Cl)[C@H]2O)NC(=O)[C@H](N)c2ccc(O)c(c2)Oc2cc(O)cc4c2)c2ccc(O)c(c2)-c2c(O)cc(O)cc21. The molecule has 6 aliphatic heterocycles.